The highest BCUT2D eigenvalue weighted by Crippen LogP contribution is 2.25. The predicted molar refractivity (Wildman–Crippen MR) is 99.4 cm³/mol. The number of primary amides is 1. The van der Waals surface area contributed by atoms with Crippen LogP contribution in [0.5, 0.6) is 0 Å². The number of hydrogen-bond acceptors (Lipinski definition) is 6. The molecule has 0 aliphatic rings. The first-order chi connectivity index (χ1) is 12.6. The van der Waals surface area contributed by atoms with E-state index in [1.54, 1.807) is 48.1 Å². The second-order valence-corrected chi connectivity index (χ2v) is 6.06. The van der Waals surface area contributed by atoms with Gasteiger partial charge in [0.15, 0.2) is 5.13 Å². The number of rotatable bonds is 6. The predicted octanol–water partition coefficient (Wildman–Crippen LogP) is 2.47. The van der Waals surface area contributed by atoms with E-state index in [1.807, 2.05) is 0 Å². The summed E-state index contributed by atoms with van der Waals surface area (Å²) in [4.78, 5) is 35.2. The van der Waals surface area contributed by atoms with E-state index < -0.39 is 5.91 Å². The Morgan fingerprint density at radius 2 is 2.12 bits per heavy atom. The number of anilines is 1. The van der Waals surface area contributed by atoms with Crippen LogP contribution in [0.3, 0.4) is 0 Å². The van der Waals surface area contributed by atoms with Crippen molar-refractivity contribution in [3.05, 3.63) is 58.7 Å². The molecular weight excluding hydrogens is 354 g/mol. The van der Waals surface area contributed by atoms with Crippen LogP contribution in [0.2, 0.25) is 0 Å². The Hall–Kier alpha value is -3.46. The number of benzene rings is 1. The molecule has 0 radical (unpaired) electrons. The summed E-state index contributed by atoms with van der Waals surface area (Å²) in [5.74, 6) is -0.813. The minimum absolute atomic E-state index is 0.270. The second kappa shape index (κ2) is 7.62. The Balaban J connectivity index is 1.69. The summed E-state index contributed by atoms with van der Waals surface area (Å²) in [6.07, 6.45) is 3.19. The minimum atomic E-state index is -0.543. The van der Waals surface area contributed by atoms with E-state index in [1.165, 1.54) is 18.4 Å². The summed E-state index contributed by atoms with van der Waals surface area (Å²) in [5.41, 5.74) is 8.19. The lowest BCUT2D eigenvalue weighted by Crippen LogP contribution is -2.11. The van der Waals surface area contributed by atoms with Gasteiger partial charge < -0.3 is 15.6 Å². The highest BCUT2D eigenvalue weighted by molar-refractivity contribution is 7.14. The Morgan fingerprint density at radius 1 is 1.35 bits per heavy atom. The number of nitrogens with zero attached hydrogens (tertiary/aromatic N) is 2. The van der Waals surface area contributed by atoms with E-state index in [9.17, 15) is 9.59 Å². The number of amides is 2. The van der Waals surface area contributed by atoms with Crippen molar-refractivity contribution in [2.24, 2.45) is 10.9 Å². The Labute approximate surface area is 152 Å². The van der Waals surface area contributed by atoms with Crippen molar-refractivity contribution >= 4 is 34.5 Å². The molecule has 4 N–H and O–H groups in total. The van der Waals surface area contributed by atoms with Crippen molar-refractivity contribution in [1.29, 1.82) is 0 Å². The average molecular weight is 369 g/mol. The molecule has 9 heteroatoms. The van der Waals surface area contributed by atoms with Crippen molar-refractivity contribution in [1.82, 2.24) is 9.97 Å². The van der Waals surface area contributed by atoms with Gasteiger partial charge in [0.25, 0.3) is 11.8 Å². The highest BCUT2D eigenvalue weighted by atomic mass is 32.1. The van der Waals surface area contributed by atoms with Gasteiger partial charge in [-0.2, -0.15) is 0 Å². The van der Waals surface area contributed by atoms with Crippen molar-refractivity contribution in [2.45, 2.75) is 0 Å². The molecule has 0 unspecified atom stereocenters. The minimum Gasteiger partial charge on any atom is -0.399 e. The summed E-state index contributed by atoms with van der Waals surface area (Å²) >= 11 is 1.29. The van der Waals surface area contributed by atoms with Gasteiger partial charge in [0.1, 0.15) is 12.8 Å². The number of carbonyl (C=O) groups is 2. The number of hydrogen-bond donors (Lipinski definition) is 3. The van der Waals surface area contributed by atoms with E-state index in [0.717, 1.165) is 11.1 Å². The number of thiazole rings is 1. The zero-order chi connectivity index (χ0) is 18.5. The van der Waals surface area contributed by atoms with E-state index in [0.29, 0.717) is 22.1 Å². The van der Waals surface area contributed by atoms with E-state index >= 15 is 0 Å². The van der Waals surface area contributed by atoms with Crippen LogP contribution in [-0.4, -0.2) is 35.1 Å². The molecule has 0 aliphatic carbocycles. The first kappa shape index (κ1) is 17.4. The number of nitrogens with two attached hydrogens (primary N) is 1. The molecule has 26 heavy (non-hydrogen) atoms. The number of carbonyl (C=O) groups excluding carboxylic acids is 2. The third kappa shape index (κ3) is 3.95. The molecule has 2 amide bonds. The van der Waals surface area contributed by atoms with Gasteiger partial charge in [0, 0.05) is 22.7 Å². The van der Waals surface area contributed by atoms with Gasteiger partial charge in [-0.1, -0.05) is 17.3 Å². The third-order valence-electron chi connectivity index (χ3n) is 3.45. The zero-order valence-electron chi connectivity index (χ0n) is 13.7. The quantitative estimate of drug-likeness (QED) is 0.456. The molecule has 0 bridgehead atoms. The Morgan fingerprint density at radius 3 is 2.77 bits per heavy atom. The molecule has 2 aromatic heterocycles. The normalized spacial score (nSPS) is 10.8. The molecule has 3 aromatic rings. The van der Waals surface area contributed by atoms with Crippen molar-refractivity contribution in [3.63, 3.8) is 0 Å². The van der Waals surface area contributed by atoms with Crippen LogP contribution in [0.25, 0.3) is 11.3 Å². The summed E-state index contributed by atoms with van der Waals surface area (Å²) < 4.78 is 0. The van der Waals surface area contributed by atoms with Crippen LogP contribution in [-0.2, 0) is 4.84 Å². The van der Waals surface area contributed by atoms with Crippen LogP contribution in [0, 0.1) is 0 Å². The van der Waals surface area contributed by atoms with Crippen molar-refractivity contribution in [3.8, 4) is 11.3 Å². The molecule has 0 fully saturated rings. The number of aromatic nitrogens is 2. The average Bonchev–Trinajstić information content (AvgIpc) is 3.29. The van der Waals surface area contributed by atoms with Crippen LogP contribution < -0.4 is 11.1 Å². The maximum absolute atomic E-state index is 12.3. The summed E-state index contributed by atoms with van der Waals surface area (Å²) in [7, 11) is 1.46. The number of oxime groups is 1. The van der Waals surface area contributed by atoms with Gasteiger partial charge in [-0.3, -0.25) is 14.9 Å². The maximum Gasteiger partial charge on any atom is 0.265 e. The molecule has 1 aromatic carbocycles. The zero-order valence-corrected chi connectivity index (χ0v) is 14.5. The molecule has 0 aliphatic heterocycles. The van der Waals surface area contributed by atoms with Gasteiger partial charge in [-0.15, -0.1) is 11.3 Å². The molecule has 132 valence electrons. The third-order valence-corrected chi connectivity index (χ3v) is 4.21. The van der Waals surface area contributed by atoms with Gasteiger partial charge in [0.05, 0.1) is 11.9 Å². The lowest BCUT2D eigenvalue weighted by Gasteiger charge is -2.02. The SMILES string of the molecule is CO/N=C/c1ccc(C(=O)Nc2nc(-c3c[nH]c(C(N)=O)c3)cs2)cc1. The summed E-state index contributed by atoms with van der Waals surface area (Å²) in [5, 5.41) is 8.65. The Kier molecular flexibility index (Phi) is 5.09. The number of aromatic amines is 1. The van der Waals surface area contributed by atoms with Crippen molar-refractivity contribution < 1.29 is 14.4 Å². The van der Waals surface area contributed by atoms with Crippen LogP contribution >= 0.6 is 11.3 Å². The number of H-pyrrole nitrogens is 1. The maximum atomic E-state index is 12.3. The largest absolute Gasteiger partial charge is 0.399 e. The van der Waals surface area contributed by atoms with Gasteiger partial charge in [-0.05, 0) is 23.8 Å². The van der Waals surface area contributed by atoms with E-state index in [2.05, 4.69) is 25.3 Å². The monoisotopic (exact) mass is 369 g/mol. The lowest BCUT2D eigenvalue weighted by atomic mass is 10.1. The Bertz CT molecular complexity index is 959. The van der Waals surface area contributed by atoms with E-state index in [-0.39, 0.29) is 5.91 Å². The number of nitrogens with one attached hydrogen (secondary N) is 2. The van der Waals surface area contributed by atoms with Gasteiger partial charge in [-0.25, -0.2) is 4.98 Å². The molecule has 0 atom stereocenters. The first-order valence-corrected chi connectivity index (χ1v) is 8.37. The standard InChI is InChI=1S/C17H15N5O3S/c1-25-20-7-10-2-4-11(5-3-10)16(24)22-17-21-14(9-26-17)12-6-13(15(18)23)19-8-12/h2-9,19H,1H3,(H2,18,23)(H,21,22,24)/b20-7+. The van der Waals surface area contributed by atoms with Crippen molar-refractivity contribution in [2.75, 3.05) is 12.4 Å². The molecule has 2 heterocycles. The van der Waals surface area contributed by atoms with Crippen LogP contribution in [0.1, 0.15) is 26.4 Å². The highest BCUT2D eigenvalue weighted by Gasteiger charge is 2.12. The fourth-order valence-corrected chi connectivity index (χ4v) is 2.87. The van der Waals surface area contributed by atoms with Crippen LogP contribution in [0.15, 0.2) is 47.1 Å². The molecule has 3 rings (SSSR count). The van der Waals surface area contributed by atoms with E-state index in [4.69, 9.17) is 5.73 Å². The van der Waals surface area contributed by atoms with Gasteiger partial charge >= 0.3 is 0 Å². The fourth-order valence-electron chi connectivity index (χ4n) is 2.15. The summed E-state index contributed by atoms with van der Waals surface area (Å²) in [6, 6.07) is 8.51. The first-order valence-electron chi connectivity index (χ1n) is 7.49. The van der Waals surface area contributed by atoms with Gasteiger partial charge in [0.2, 0.25) is 0 Å². The molecule has 8 nitrogen and oxygen atoms in total. The molecule has 0 saturated heterocycles. The second-order valence-electron chi connectivity index (χ2n) is 5.20. The molecule has 0 spiro atoms. The fraction of sp³-hybridized carbons (Fsp3) is 0.0588. The molecular formula is C17H15N5O3S. The molecule has 0 saturated carbocycles. The summed E-state index contributed by atoms with van der Waals surface area (Å²) in [6.45, 7) is 0. The lowest BCUT2D eigenvalue weighted by molar-refractivity contribution is 0.0994. The topological polar surface area (TPSA) is 122 Å². The smallest absolute Gasteiger partial charge is 0.265 e. The van der Waals surface area contributed by atoms with Crippen LogP contribution in [0.4, 0.5) is 5.13 Å².